The molecule has 3 nitrogen and oxygen atoms in total. The van der Waals surface area contributed by atoms with E-state index < -0.39 is 0 Å². The Hall–Kier alpha value is -1.52. The maximum atomic E-state index is 10.9. The molecule has 0 spiro atoms. The zero-order valence-corrected chi connectivity index (χ0v) is 13.1. The van der Waals surface area contributed by atoms with Gasteiger partial charge in [0.1, 0.15) is 18.1 Å². The molecule has 0 bridgehead atoms. The van der Waals surface area contributed by atoms with E-state index in [1.54, 1.807) is 43.5 Å². The second-order valence-electron chi connectivity index (χ2n) is 4.05. The van der Waals surface area contributed by atoms with Gasteiger partial charge in [0.2, 0.25) is 0 Å². The number of hydrogen-bond acceptors (Lipinski definition) is 3. The van der Waals surface area contributed by atoms with Crippen molar-refractivity contribution in [3.63, 3.8) is 0 Å². The first-order chi connectivity index (χ1) is 9.63. The third-order valence-electron chi connectivity index (χ3n) is 2.73. The van der Waals surface area contributed by atoms with Crippen LogP contribution in [0.4, 0.5) is 0 Å². The summed E-state index contributed by atoms with van der Waals surface area (Å²) in [5.41, 5.74) is 1.39. The van der Waals surface area contributed by atoms with Crippen LogP contribution in [-0.4, -0.2) is 13.4 Å². The van der Waals surface area contributed by atoms with E-state index in [2.05, 4.69) is 15.9 Å². The zero-order valence-electron chi connectivity index (χ0n) is 10.7. The molecule has 2 aromatic carbocycles. The topological polar surface area (TPSA) is 35.5 Å². The molecule has 0 aromatic heterocycles. The van der Waals surface area contributed by atoms with Crippen molar-refractivity contribution in [3.05, 3.63) is 57.0 Å². The van der Waals surface area contributed by atoms with Gasteiger partial charge in [-0.2, -0.15) is 0 Å². The van der Waals surface area contributed by atoms with Crippen LogP contribution >= 0.6 is 27.5 Å². The fourth-order valence-electron chi connectivity index (χ4n) is 1.72. The quantitative estimate of drug-likeness (QED) is 0.741. The molecule has 0 saturated heterocycles. The summed E-state index contributed by atoms with van der Waals surface area (Å²) in [6, 6.07) is 10.6. The lowest BCUT2D eigenvalue weighted by Gasteiger charge is -2.11. The second-order valence-corrected chi connectivity index (χ2v) is 5.34. The minimum Gasteiger partial charge on any atom is -0.496 e. The summed E-state index contributed by atoms with van der Waals surface area (Å²) < 4.78 is 11.7. The van der Waals surface area contributed by atoms with Gasteiger partial charge in [0.25, 0.3) is 0 Å². The van der Waals surface area contributed by atoms with Crippen molar-refractivity contribution < 1.29 is 14.3 Å². The number of hydrogen-bond donors (Lipinski definition) is 0. The van der Waals surface area contributed by atoms with Crippen LogP contribution in [0.3, 0.4) is 0 Å². The fourth-order valence-corrected chi connectivity index (χ4v) is 2.26. The summed E-state index contributed by atoms with van der Waals surface area (Å²) in [5, 5.41) is 0.619. The highest BCUT2D eigenvalue weighted by Crippen LogP contribution is 2.26. The summed E-state index contributed by atoms with van der Waals surface area (Å²) in [6.07, 6.45) is 0.775. The van der Waals surface area contributed by atoms with Crippen molar-refractivity contribution in [3.8, 4) is 11.5 Å². The maximum Gasteiger partial charge on any atom is 0.151 e. The molecule has 0 heterocycles. The number of ether oxygens (including phenoxy) is 2. The van der Waals surface area contributed by atoms with Gasteiger partial charge in [-0.05, 0) is 36.4 Å². The van der Waals surface area contributed by atoms with Crippen molar-refractivity contribution in [1.29, 1.82) is 0 Å². The van der Waals surface area contributed by atoms with Gasteiger partial charge in [0.15, 0.2) is 6.29 Å². The van der Waals surface area contributed by atoms with E-state index >= 15 is 0 Å². The van der Waals surface area contributed by atoms with Crippen LogP contribution in [0, 0.1) is 0 Å². The molecule has 0 saturated carbocycles. The monoisotopic (exact) mass is 354 g/mol. The largest absolute Gasteiger partial charge is 0.496 e. The zero-order chi connectivity index (χ0) is 14.5. The van der Waals surface area contributed by atoms with E-state index in [1.807, 2.05) is 0 Å². The highest BCUT2D eigenvalue weighted by Gasteiger charge is 2.06. The Balaban J connectivity index is 2.16. The van der Waals surface area contributed by atoms with Crippen molar-refractivity contribution in [2.24, 2.45) is 0 Å². The molecule has 0 aliphatic heterocycles. The SMILES string of the molecule is COc1ccc(Cl)cc1COc1ccc(Br)c(C=O)c1. The molecule has 2 aromatic rings. The summed E-state index contributed by atoms with van der Waals surface area (Å²) in [5.74, 6) is 1.32. The standard InChI is InChI=1S/C15H12BrClO3/c1-19-15-5-2-12(17)6-11(15)9-20-13-3-4-14(16)10(7-13)8-18/h2-8H,9H2,1H3. The molecule has 0 atom stereocenters. The summed E-state index contributed by atoms with van der Waals surface area (Å²) in [7, 11) is 1.59. The highest BCUT2D eigenvalue weighted by molar-refractivity contribution is 9.10. The van der Waals surface area contributed by atoms with Crippen molar-refractivity contribution in [2.45, 2.75) is 6.61 Å². The Morgan fingerprint density at radius 2 is 2.05 bits per heavy atom. The predicted molar refractivity (Wildman–Crippen MR) is 81.9 cm³/mol. The maximum absolute atomic E-state index is 10.9. The van der Waals surface area contributed by atoms with Crippen LogP contribution in [-0.2, 0) is 6.61 Å². The molecular formula is C15H12BrClO3. The molecule has 0 N–H and O–H groups in total. The van der Waals surface area contributed by atoms with Crippen molar-refractivity contribution in [2.75, 3.05) is 7.11 Å². The van der Waals surface area contributed by atoms with Gasteiger partial charge < -0.3 is 9.47 Å². The van der Waals surface area contributed by atoms with Crippen LogP contribution < -0.4 is 9.47 Å². The molecule has 0 amide bonds. The number of rotatable bonds is 5. The van der Waals surface area contributed by atoms with E-state index in [1.165, 1.54) is 0 Å². The Bertz CT molecular complexity index is 629. The minimum atomic E-state index is 0.309. The van der Waals surface area contributed by atoms with Gasteiger partial charge in [-0.15, -0.1) is 0 Å². The number of benzene rings is 2. The van der Waals surface area contributed by atoms with Gasteiger partial charge in [-0.25, -0.2) is 0 Å². The number of halogens is 2. The Labute approximate surface area is 130 Å². The first-order valence-corrected chi connectivity index (χ1v) is 7.01. The van der Waals surface area contributed by atoms with Crippen LogP contribution in [0.25, 0.3) is 0 Å². The number of aldehydes is 1. The van der Waals surface area contributed by atoms with E-state index in [4.69, 9.17) is 21.1 Å². The number of carbonyl (C=O) groups excluding carboxylic acids is 1. The van der Waals surface area contributed by atoms with Gasteiger partial charge in [-0.3, -0.25) is 4.79 Å². The molecule has 5 heteroatoms. The summed E-state index contributed by atoms with van der Waals surface area (Å²) >= 11 is 9.26. The smallest absolute Gasteiger partial charge is 0.151 e. The normalized spacial score (nSPS) is 10.2. The lowest BCUT2D eigenvalue weighted by Crippen LogP contribution is -1.99. The lowest BCUT2D eigenvalue weighted by atomic mass is 10.2. The van der Waals surface area contributed by atoms with E-state index in [-0.39, 0.29) is 0 Å². The van der Waals surface area contributed by atoms with Gasteiger partial charge in [0.05, 0.1) is 7.11 Å². The lowest BCUT2D eigenvalue weighted by molar-refractivity contribution is 0.112. The average Bonchev–Trinajstić information content (AvgIpc) is 2.46. The average molecular weight is 356 g/mol. The molecule has 0 unspecified atom stereocenters. The number of carbonyl (C=O) groups is 1. The van der Waals surface area contributed by atoms with Crippen molar-refractivity contribution in [1.82, 2.24) is 0 Å². The molecule has 104 valence electrons. The molecule has 2 rings (SSSR count). The molecule has 0 radical (unpaired) electrons. The first-order valence-electron chi connectivity index (χ1n) is 5.84. The third kappa shape index (κ3) is 3.52. The third-order valence-corrected chi connectivity index (χ3v) is 3.69. The Morgan fingerprint density at radius 1 is 1.25 bits per heavy atom. The molecule has 20 heavy (non-hydrogen) atoms. The first kappa shape index (κ1) is 14.9. The predicted octanol–water partition coefficient (Wildman–Crippen LogP) is 4.50. The van der Waals surface area contributed by atoms with Crippen LogP contribution in [0.2, 0.25) is 5.02 Å². The van der Waals surface area contributed by atoms with Crippen LogP contribution in [0.5, 0.6) is 11.5 Å². The minimum absolute atomic E-state index is 0.309. The highest BCUT2D eigenvalue weighted by atomic mass is 79.9. The van der Waals surface area contributed by atoms with Crippen LogP contribution in [0.1, 0.15) is 15.9 Å². The summed E-state index contributed by atoms with van der Waals surface area (Å²) in [6.45, 7) is 0.309. The molecule has 0 fully saturated rings. The van der Waals surface area contributed by atoms with Gasteiger partial charge in [0, 0.05) is 20.6 Å². The Kier molecular flexibility index (Phi) is 5.04. The molecule has 0 aliphatic rings. The van der Waals surface area contributed by atoms with Gasteiger partial charge >= 0.3 is 0 Å². The van der Waals surface area contributed by atoms with Gasteiger partial charge in [-0.1, -0.05) is 27.5 Å². The second kappa shape index (κ2) is 6.77. The van der Waals surface area contributed by atoms with E-state index in [0.717, 1.165) is 16.3 Å². The number of methoxy groups -OCH3 is 1. The summed E-state index contributed by atoms with van der Waals surface area (Å²) in [4.78, 5) is 10.9. The molecular weight excluding hydrogens is 344 g/mol. The van der Waals surface area contributed by atoms with Crippen LogP contribution in [0.15, 0.2) is 40.9 Å². The fraction of sp³-hybridized carbons (Fsp3) is 0.133. The van der Waals surface area contributed by atoms with Crippen molar-refractivity contribution >= 4 is 33.8 Å². The van der Waals surface area contributed by atoms with E-state index in [0.29, 0.717) is 28.7 Å². The Morgan fingerprint density at radius 3 is 2.75 bits per heavy atom. The van der Waals surface area contributed by atoms with E-state index in [9.17, 15) is 4.79 Å². The molecule has 0 aliphatic carbocycles.